The number of carbonyl (C=O) groups is 1. The summed E-state index contributed by atoms with van der Waals surface area (Å²) in [7, 11) is 1.15. The molecule has 0 aliphatic heterocycles. The lowest BCUT2D eigenvalue weighted by atomic mass is 10.4. The van der Waals surface area contributed by atoms with Crippen LogP contribution in [-0.4, -0.2) is 21.0 Å². The second kappa shape index (κ2) is 3.83. The molecule has 0 bridgehead atoms. The Morgan fingerprint density at radius 2 is 1.73 bits per heavy atom. The van der Waals surface area contributed by atoms with Gasteiger partial charge < -0.3 is 4.74 Å². The van der Waals surface area contributed by atoms with Crippen LogP contribution in [0.25, 0.3) is 0 Å². The average molecular weight is 256 g/mol. The zero-order chi connectivity index (χ0) is 9.28. The fraction of sp³-hybridized carbons (Fsp3) is 0.750. The number of ether oxygens (including phenoxy) is 1. The molecule has 0 unspecified atom stereocenters. The molecule has 0 N–H and O–H groups in total. The van der Waals surface area contributed by atoms with E-state index in [0.717, 1.165) is 7.11 Å². The molecular weight excluding hydrogens is 251 g/mol. The third-order valence-corrected chi connectivity index (χ3v) is 3.54. The van der Waals surface area contributed by atoms with Crippen molar-refractivity contribution in [3.8, 4) is 0 Å². The maximum Gasteiger partial charge on any atom is 0.336 e. The highest BCUT2D eigenvalue weighted by molar-refractivity contribution is 8.02. The molecule has 7 heteroatoms. The van der Waals surface area contributed by atoms with Crippen LogP contribution in [0, 0.1) is 0 Å². The predicted molar refractivity (Wildman–Crippen MR) is 53.0 cm³/mol. The van der Waals surface area contributed by atoms with Crippen LogP contribution in [-0.2, 0) is 9.53 Å². The van der Waals surface area contributed by atoms with Crippen molar-refractivity contribution in [1.29, 1.82) is 0 Å². The highest BCUT2D eigenvalue weighted by atomic mass is 35.6. The molecule has 0 aromatic rings. The normalized spacial score (nSPS) is 12.9. The monoisotopic (exact) mass is 254 g/mol. The van der Waals surface area contributed by atoms with Crippen molar-refractivity contribution in [1.82, 2.24) is 0 Å². The minimum Gasteiger partial charge on any atom is -0.467 e. The Morgan fingerprint density at radius 3 is 1.82 bits per heavy atom. The van der Waals surface area contributed by atoms with Crippen molar-refractivity contribution < 1.29 is 9.53 Å². The van der Waals surface area contributed by atoms with Gasteiger partial charge in [0.05, 0.1) is 7.11 Å². The second-order valence-electron chi connectivity index (χ2n) is 1.66. The fourth-order valence-corrected chi connectivity index (χ4v) is 0.672. The average Bonchev–Trinajstić information content (AvgIpc) is 1.83. The molecule has 2 nitrogen and oxygen atoms in total. The Morgan fingerprint density at radius 1 is 1.36 bits per heavy atom. The number of hydrogen-bond donors (Lipinski definition) is 2. The van der Waals surface area contributed by atoms with Gasteiger partial charge in [-0.3, -0.25) is 0 Å². The molecular formula is C4H5Cl3O2S2. The lowest BCUT2D eigenvalue weighted by Gasteiger charge is -2.26. The molecule has 11 heavy (non-hydrogen) atoms. The first-order chi connectivity index (χ1) is 4.73. The van der Waals surface area contributed by atoms with Crippen molar-refractivity contribution in [2.24, 2.45) is 0 Å². The largest absolute Gasteiger partial charge is 0.467 e. The number of thiol groups is 2. The number of methoxy groups -OCH3 is 1. The SMILES string of the molecule is COC(=O)C(S)(S)C(Cl)(Cl)Cl. The van der Waals surface area contributed by atoms with Crippen LogP contribution in [0.5, 0.6) is 0 Å². The van der Waals surface area contributed by atoms with E-state index in [0.29, 0.717) is 0 Å². The van der Waals surface area contributed by atoms with Crippen LogP contribution in [0.3, 0.4) is 0 Å². The second-order valence-corrected chi connectivity index (χ2v) is 5.64. The van der Waals surface area contributed by atoms with E-state index < -0.39 is 13.8 Å². The number of halogens is 3. The molecule has 0 aliphatic rings. The lowest BCUT2D eigenvalue weighted by Crippen LogP contribution is -2.40. The Kier molecular flexibility index (Phi) is 4.19. The summed E-state index contributed by atoms with van der Waals surface area (Å²) < 4.78 is 0.656. The van der Waals surface area contributed by atoms with E-state index in [9.17, 15) is 4.79 Å². The van der Waals surface area contributed by atoms with Gasteiger partial charge in [-0.2, -0.15) is 0 Å². The van der Waals surface area contributed by atoms with Gasteiger partial charge in [0.15, 0.2) is 4.08 Å². The van der Waals surface area contributed by atoms with Gasteiger partial charge in [0.2, 0.25) is 3.79 Å². The van der Waals surface area contributed by atoms with Gasteiger partial charge in [0, 0.05) is 0 Å². The Balaban J connectivity index is 4.59. The van der Waals surface area contributed by atoms with Gasteiger partial charge >= 0.3 is 5.97 Å². The van der Waals surface area contributed by atoms with Crippen molar-refractivity contribution in [3.05, 3.63) is 0 Å². The molecule has 0 heterocycles. The molecule has 0 rings (SSSR count). The van der Waals surface area contributed by atoms with E-state index in [-0.39, 0.29) is 0 Å². The minimum absolute atomic E-state index is 0.816. The molecule has 0 aromatic heterocycles. The topological polar surface area (TPSA) is 26.3 Å². The van der Waals surface area contributed by atoms with E-state index in [1.807, 2.05) is 0 Å². The standard InChI is InChI=1S/C4H5Cl3O2S2/c1-9-2(8)3(10,11)4(5,6)7/h10-11H,1H3. The maximum atomic E-state index is 10.9. The zero-order valence-electron chi connectivity index (χ0n) is 5.34. The molecule has 0 radical (unpaired) electrons. The van der Waals surface area contributed by atoms with Crippen LogP contribution in [0.4, 0.5) is 0 Å². The number of hydrogen-bond acceptors (Lipinski definition) is 4. The Bertz CT molecular complexity index is 165. The fourth-order valence-electron chi connectivity index (χ4n) is 0.258. The molecule has 0 saturated carbocycles. The quantitative estimate of drug-likeness (QED) is 0.325. The van der Waals surface area contributed by atoms with Gasteiger partial charge in [0.25, 0.3) is 0 Å². The van der Waals surface area contributed by atoms with Crippen molar-refractivity contribution >= 4 is 66.0 Å². The van der Waals surface area contributed by atoms with Crippen LogP contribution in [0.1, 0.15) is 0 Å². The van der Waals surface area contributed by atoms with Crippen molar-refractivity contribution in [2.75, 3.05) is 7.11 Å². The maximum absolute atomic E-state index is 10.9. The Hall–Kier alpha value is 1.04. The molecule has 0 spiro atoms. The number of esters is 1. The van der Waals surface area contributed by atoms with Crippen molar-refractivity contribution in [2.45, 2.75) is 7.87 Å². The van der Waals surface area contributed by atoms with Crippen molar-refractivity contribution in [3.63, 3.8) is 0 Å². The molecule has 0 atom stereocenters. The molecule has 0 saturated heterocycles. The van der Waals surface area contributed by atoms with E-state index in [1.165, 1.54) is 0 Å². The van der Waals surface area contributed by atoms with Crippen LogP contribution in [0.2, 0.25) is 0 Å². The van der Waals surface area contributed by atoms with Gasteiger partial charge in [-0.1, -0.05) is 34.8 Å². The van der Waals surface area contributed by atoms with E-state index in [1.54, 1.807) is 0 Å². The number of rotatable bonds is 1. The summed E-state index contributed by atoms with van der Waals surface area (Å²) in [4.78, 5) is 10.9. The number of alkyl halides is 3. The highest BCUT2D eigenvalue weighted by Crippen LogP contribution is 2.45. The Labute approximate surface area is 90.3 Å². The van der Waals surface area contributed by atoms with Gasteiger partial charge in [-0.15, -0.1) is 25.3 Å². The smallest absolute Gasteiger partial charge is 0.336 e. The van der Waals surface area contributed by atoms with E-state index in [2.05, 4.69) is 30.0 Å². The molecule has 66 valence electrons. The van der Waals surface area contributed by atoms with E-state index >= 15 is 0 Å². The molecule has 0 amide bonds. The lowest BCUT2D eigenvalue weighted by molar-refractivity contribution is -0.140. The summed E-state index contributed by atoms with van der Waals surface area (Å²) in [5.74, 6) is -0.816. The first kappa shape index (κ1) is 12.0. The predicted octanol–water partition coefficient (Wildman–Crippen LogP) is 2.09. The molecule has 0 fully saturated rings. The van der Waals surface area contributed by atoms with Gasteiger partial charge in [-0.25, -0.2) is 4.79 Å². The first-order valence-electron chi connectivity index (χ1n) is 2.33. The number of carbonyl (C=O) groups excluding carboxylic acids is 1. The summed E-state index contributed by atoms with van der Waals surface area (Å²) in [6.07, 6.45) is 0. The van der Waals surface area contributed by atoms with E-state index in [4.69, 9.17) is 34.8 Å². The summed E-state index contributed by atoms with van der Waals surface area (Å²) in [6, 6.07) is 0. The van der Waals surface area contributed by atoms with Crippen LogP contribution >= 0.6 is 60.1 Å². The molecule has 0 aliphatic carbocycles. The first-order valence-corrected chi connectivity index (χ1v) is 4.36. The summed E-state index contributed by atoms with van der Waals surface area (Å²) in [6.45, 7) is 0. The molecule has 0 aromatic carbocycles. The van der Waals surface area contributed by atoms with Gasteiger partial charge in [-0.05, 0) is 0 Å². The summed E-state index contributed by atoms with van der Waals surface area (Å²) in [5.41, 5.74) is 0. The van der Waals surface area contributed by atoms with Gasteiger partial charge in [0.1, 0.15) is 0 Å². The third-order valence-electron chi connectivity index (χ3n) is 0.865. The van der Waals surface area contributed by atoms with Crippen LogP contribution < -0.4 is 0 Å². The summed E-state index contributed by atoms with van der Waals surface area (Å²) in [5, 5.41) is 0. The highest BCUT2D eigenvalue weighted by Gasteiger charge is 2.50. The minimum atomic E-state index is -1.91. The summed E-state index contributed by atoms with van der Waals surface area (Å²) >= 11 is 23.6. The van der Waals surface area contributed by atoms with Crippen LogP contribution in [0.15, 0.2) is 0 Å². The zero-order valence-corrected chi connectivity index (χ0v) is 9.40. The third kappa shape index (κ3) is 2.77.